The standard InChI is InChI=1S/C29H27N9O5S2/c1-43-26(27(41)42)18-2-8-21(9-3-18)36(14-24(39)32-19-4-10-22(11-5-19)37-16-30-34-28(37)44)15-25(40)33-20-6-12-23(13-7-20)38-17-31-35-29(38)45/h2-13,16-17,26H,14-15H2,1H3,(H,32,39)(H,33,40)(H,34,44)(H,35,45)(H,41,42). The predicted octanol–water partition coefficient (Wildman–Crippen LogP) is 4.03. The smallest absolute Gasteiger partial charge is 0.337 e. The molecule has 3 aromatic carbocycles. The van der Waals surface area contributed by atoms with Crippen LogP contribution in [0.25, 0.3) is 11.4 Å². The van der Waals surface area contributed by atoms with Crippen LogP contribution >= 0.6 is 24.4 Å². The molecule has 0 saturated carbocycles. The highest BCUT2D eigenvalue weighted by molar-refractivity contribution is 7.71. The summed E-state index contributed by atoms with van der Waals surface area (Å²) in [4.78, 5) is 39.4. The molecular formula is C29H27N9O5S2. The molecule has 14 nitrogen and oxygen atoms in total. The molecule has 2 amide bonds. The Hall–Kier alpha value is -5.45. The van der Waals surface area contributed by atoms with Gasteiger partial charge >= 0.3 is 5.97 Å². The molecule has 1 unspecified atom stereocenters. The van der Waals surface area contributed by atoms with Crippen molar-refractivity contribution in [3.63, 3.8) is 0 Å². The lowest BCUT2D eigenvalue weighted by molar-refractivity contribution is -0.148. The molecule has 230 valence electrons. The van der Waals surface area contributed by atoms with Gasteiger partial charge in [-0.25, -0.2) is 4.79 Å². The molecule has 0 radical (unpaired) electrons. The number of H-pyrrole nitrogens is 2. The number of carbonyl (C=O) groups is 3. The first-order valence-corrected chi connectivity index (χ1v) is 14.2. The number of hydrogen-bond donors (Lipinski definition) is 5. The molecule has 2 aromatic heterocycles. The van der Waals surface area contributed by atoms with E-state index in [4.69, 9.17) is 29.2 Å². The third-order valence-electron chi connectivity index (χ3n) is 6.65. The molecule has 0 saturated heterocycles. The number of amides is 2. The topological polar surface area (TPSA) is 175 Å². The van der Waals surface area contributed by atoms with Crippen molar-refractivity contribution in [1.29, 1.82) is 0 Å². The summed E-state index contributed by atoms with van der Waals surface area (Å²) in [7, 11) is 1.31. The highest BCUT2D eigenvalue weighted by atomic mass is 32.1. The van der Waals surface area contributed by atoms with Crippen molar-refractivity contribution in [2.24, 2.45) is 0 Å². The minimum Gasteiger partial charge on any atom is -0.479 e. The molecule has 2 heterocycles. The molecule has 0 aliphatic heterocycles. The van der Waals surface area contributed by atoms with Gasteiger partial charge in [-0.3, -0.25) is 28.9 Å². The molecule has 0 bridgehead atoms. The van der Waals surface area contributed by atoms with Crippen LogP contribution in [-0.2, 0) is 19.1 Å². The molecule has 0 aliphatic rings. The van der Waals surface area contributed by atoms with Crippen molar-refractivity contribution in [1.82, 2.24) is 29.5 Å². The van der Waals surface area contributed by atoms with Crippen molar-refractivity contribution in [2.45, 2.75) is 6.10 Å². The monoisotopic (exact) mass is 645 g/mol. The zero-order chi connectivity index (χ0) is 31.9. The van der Waals surface area contributed by atoms with Gasteiger partial charge in [0.15, 0.2) is 15.6 Å². The minimum atomic E-state index is -1.15. The van der Waals surface area contributed by atoms with Crippen molar-refractivity contribution < 1.29 is 24.2 Å². The van der Waals surface area contributed by atoms with Gasteiger partial charge in [0.25, 0.3) is 0 Å². The fourth-order valence-electron chi connectivity index (χ4n) is 4.50. The van der Waals surface area contributed by atoms with E-state index in [2.05, 4.69) is 31.0 Å². The molecular weight excluding hydrogens is 619 g/mol. The zero-order valence-corrected chi connectivity index (χ0v) is 25.3. The number of carboxylic acids is 1. The second kappa shape index (κ2) is 13.9. The first-order valence-electron chi connectivity index (χ1n) is 13.4. The fraction of sp³-hybridized carbons (Fsp3) is 0.138. The van der Waals surface area contributed by atoms with Gasteiger partial charge in [0, 0.05) is 35.5 Å². The Bertz CT molecular complexity index is 1810. The molecule has 0 fully saturated rings. The number of aliphatic carboxylic acids is 1. The Morgan fingerprint density at radius 2 is 1.24 bits per heavy atom. The maximum absolute atomic E-state index is 13.2. The number of rotatable bonds is 12. The number of benzene rings is 3. The van der Waals surface area contributed by atoms with Gasteiger partial charge in [0.1, 0.15) is 12.7 Å². The van der Waals surface area contributed by atoms with E-state index in [0.29, 0.717) is 32.2 Å². The summed E-state index contributed by atoms with van der Waals surface area (Å²) in [6, 6.07) is 20.5. The van der Waals surface area contributed by atoms with Crippen LogP contribution in [-0.4, -0.2) is 72.6 Å². The number of methoxy groups -OCH3 is 1. The molecule has 16 heteroatoms. The number of aromatic amines is 2. The molecule has 0 aliphatic carbocycles. The van der Waals surface area contributed by atoms with E-state index in [1.165, 1.54) is 7.11 Å². The zero-order valence-electron chi connectivity index (χ0n) is 23.7. The van der Waals surface area contributed by atoms with Crippen LogP contribution in [0, 0.1) is 9.54 Å². The van der Waals surface area contributed by atoms with E-state index in [-0.39, 0.29) is 24.9 Å². The SMILES string of the molecule is COC(C(=O)O)c1ccc(N(CC(=O)Nc2ccc(-n3cn[nH]c3=S)cc2)CC(=O)Nc2ccc(-n3cn[nH]c3=S)cc2)cc1. The Morgan fingerprint density at radius 1 is 0.800 bits per heavy atom. The number of hydrogen-bond acceptors (Lipinski definition) is 9. The average Bonchev–Trinajstić information content (AvgIpc) is 3.66. The predicted molar refractivity (Wildman–Crippen MR) is 171 cm³/mol. The molecule has 45 heavy (non-hydrogen) atoms. The first kappa shape index (κ1) is 31.0. The van der Waals surface area contributed by atoms with Crippen molar-refractivity contribution in [2.75, 3.05) is 35.7 Å². The van der Waals surface area contributed by atoms with Crippen LogP contribution in [0.2, 0.25) is 0 Å². The van der Waals surface area contributed by atoms with Gasteiger partial charge in [-0.15, -0.1) is 0 Å². The number of ether oxygens (including phenoxy) is 1. The average molecular weight is 646 g/mol. The normalized spacial score (nSPS) is 11.5. The molecule has 5 rings (SSSR count). The Kier molecular flexibility index (Phi) is 9.57. The molecule has 5 N–H and O–H groups in total. The summed E-state index contributed by atoms with van der Waals surface area (Å²) in [6.45, 7) is -0.350. The summed E-state index contributed by atoms with van der Waals surface area (Å²) in [6.07, 6.45) is 1.96. The number of nitrogens with zero attached hydrogens (tertiary/aromatic N) is 5. The quantitative estimate of drug-likeness (QED) is 0.125. The molecule has 1 atom stereocenters. The summed E-state index contributed by atoms with van der Waals surface area (Å²) in [5.41, 5.74) is 3.56. The lowest BCUT2D eigenvalue weighted by atomic mass is 10.1. The number of carbonyl (C=O) groups excluding carboxylic acids is 2. The van der Waals surface area contributed by atoms with Gasteiger partial charge in [0.05, 0.1) is 13.1 Å². The number of anilines is 3. The van der Waals surface area contributed by atoms with E-state index in [1.54, 1.807) is 99.5 Å². The van der Waals surface area contributed by atoms with Gasteiger partial charge in [-0.05, 0) is 90.7 Å². The van der Waals surface area contributed by atoms with Gasteiger partial charge < -0.3 is 25.4 Å². The number of aromatic nitrogens is 6. The van der Waals surface area contributed by atoms with Gasteiger partial charge in [-0.1, -0.05) is 12.1 Å². The van der Waals surface area contributed by atoms with Gasteiger partial charge in [-0.2, -0.15) is 10.2 Å². The van der Waals surface area contributed by atoms with E-state index in [1.807, 2.05) is 0 Å². The van der Waals surface area contributed by atoms with Crippen molar-refractivity contribution in [3.05, 3.63) is 101 Å². The summed E-state index contributed by atoms with van der Waals surface area (Å²) in [5.74, 6) is -1.88. The fourth-order valence-corrected chi connectivity index (χ4v) is 4.91. The van der Waals surface area contributed by atoms with Crippen LogP contribution in [0.4, 0.5) is 17.1 Å². The van der Waals surface area contributed by atoms with E-state index in [0.717, 1.165) is 11.4 Å². The van der Waals surface area contributed by atoms with Crippen molar-refractivity contribution >= 4 is 59.3 Å². The molecule has 0 spiro atoms. The second-order valence-electron chi connectivity index (χ2n) is 9.65. The van der Waals surface area contributed by atoms with E-state index < -0.39 is 12.1 Å². The van der Waals surface area contributed by atoms with Crippen LogP contribution in [0.3, 0.4) is 0 Å². The van der Waals surface area contributed by atoms with E-state index >= 15 is 0 Å². The Morgan fingerprint density at radius 3 is 1.60 bits per heavy atom. The number of carboxylic acid groups (broad SMARTS) is 1. The van der Waals surface area contributed by atoms with Crippen LogP contribution < -0.4 is 15.5 Å². The van der Waals surface area contributed by atoms with Crippen LogP contribution in [0.15, 0.2) is 85.5 Å². The Labute approximate surface area is 266 Å². The number of nitrogens with one attached hydrogen (secondary N) is 4. The summed E-state index contributed by atoms with van der Waals surface area (Å²) < 4.78 is 9.31. The summed E-state index contributed by atoms with van der Waals surface area (Å²) in [5, 5.41) is 28.3. The highest BCUT2D eigenvalue weighted by Gasteiger charge is 2.21. The maximum atomic E-state index is 13.2. The third kappa shape index (κ3) is 7.56. The summed E-state index contributed by atoms with van der Waals surface area (Å²) >= 11 is 10.4. The van der Waals surface area contributed by atoms with Gasteiger partial charge in [0.2, 0.25) is 11.8 Å². The third-order valence-corrected chi connectivity index (χ3v) is 7.23. The van der Waals surface area contributed by atoms with Crippen molar-refractivity contribution in [3.8, 4) is 11.4 Å². The molecule has 5 aromatic rings. The highest BCUT2D eigenvalue weighted by Crippen LogP contribution is 2.22. The maximum Gasteiger partial charge on any atom is 0.337 e. The lowest BCUT2D eigenvalue weighted by Crippen LogP contribution is -2.39. The largest absolute Gasteiger partial charge is 0.479 e. The van der Waals surface area contributed by atoms with Crippen LogP contribution in [0.1, 0.15) is 11.7 Å². The van der Waals surface area contributed by atoms with Crippen LogP contribution in [0.5, 0.6) is 0 Å². The second-order valence-corrected chi connectivity index (χ2v) is 10.4. The minimum absolute atomic E-state index is 0.175. The lowest BCUT2D eigenvalue weighted by Gasteiger charge is -2.24. The Balaban J connectivity index is 1.30. The first-order chi connectivity index (χ1) is 21.7. The van der Waals surface area contributed by atoms with E-state index in [9.17, 15) is 19.5 Å².